The maximum absolute atomic E-state index is 11.8. The number of nitrogens with zero attached hydrogens (tertiary/aromatic N) is 1. The van der Waals surface area contributed by atoms with Gasteiger partial charge in [-0.2, -0.15) is 0 Å². The minimum atomic E-state index is -0.612. The number of carbonyl (C=O) groups is 1. The number of ether oxygens (including phenoxy) is 1. The van der Waals surface area contributed by atoms with Crippen molar-refractivity contribution in [1.29, 1.82) is 0 Å². The summed E-state index contributed by atoms with van der Waals surface area (Å²) in [5.74, 6) is -0.213. The predicted octanol–water partition coefficient (Wildman–Crippen LogP) is 2.63. The van der Waals surface area contributed by atoms with Gasteiger partial charge in [0, 0.05) is 12.1 Å². The normalized spacial score (nSPS) is 10.0. The maximum Gasteiger partial charge on any atom is 0.271 e. The number of benzene rings is 2. The van der Waals surface area contributed by atoms with Crippen molar-refractivity contribution >= 4 is 17.3 Å². The molecule has 0 saturated carbocycles. The average Bonchev–Trinajstić information content (AvgIpc) is 2.48. The van der Waals surface area contributed by atoms with Gasteiger partial charge in [-0.25, -0.2) is 0 Å². The molecule has 0 spiro atoms. The summed E-state index contributed by atoms with van der Waals surface area (Å²) in [5, 5.41) is 22.7. The summed E-state index contributed by atoms with van der Waals surface area (Å²) in [6.07, 6.45) is 0. The van der Waals surface area contributed by atoms with E-state index in [2.05, 4.69) is 5.32 Å². The van der Waals surface area contributed by atoms with E-state index in [1.807, 2.05) is 19.1 Å². The van der Waals surface area contributed by atoms with E-state index in [0.717, 1.165) is 23.8 Å². The Morgan fingerprint density at radius 3 is 2.73 bits per heavy atom. The SMILES string of the molecule is Cc1ccccc1OCC(=O)Nc1cc([N+](=O)[O-])ccc1O. The third-order valence-corrected chi connectivity index (χ3v) is 2.92. The summed E-state index contributed by atoms with van der Waals surface area (Å²) >= 11 is 0. The smallest absolute Gasteiger partial charge is 0.271 e. The lowest BCUT2D eigenvalue weighted by molar-refractivity contribution is -0.384. The van der Waals surface area contributed by atoms with Crippen molar-refractivity contribution in [3.8, 4) is 11.5 Å². The van der Waals surface area contributed by atoms with Crippen molar-refractivity contribution in [3.05, 3.63) is 58.1 Å². The lowest BCUT2D eigenvalue weighted by Gasteiger charge is -2.10. The standard InChI is InChI=1S/C15H14N2O5/c1-10-4-2-3-5-14(10)22-9-15(19)16-12-8-11(17(20)21)6-7-13(12)18/h2-8,18H,9H2,1H3,(H,16,19). The number of nitrogens with one attached hydrogen (secondary N) is 1. The van der Waals surface area contributed by atoms with Crippen LogP contribution in [0.5, 0.6) is 11.5 Å². The molecule has 0 unspecified atom stereocenters. The number of amides is 1. The molecule has 2 N–H and O–H groups in total. The van der Waals surface area contributed by atoms with Gasteiger partial charge in [0.1, 0.15) is 11.5 Å². The largest absolute Gasteiger partial charge is 0.506 e. The average molecular weight is 302 g/mol. The summed E-state index contributed by atoms with van der Waals surface area (Å²) in [4.78, 5) is 21.9. The molecule has 0 fully saturated rings. The van der Waals surface area contributed by atoms with Crippen LogP contribution in [0.1, 0.15) is 5.56 Å². The fraction of sp³-hybridized carbons (Fsp3) is 0.133. The minimum Gasteiger partial charge on any atom is -0.506 e. The van der Waals surface area contributed by atoms with E-state index in [0.29, 0.717) is 5.75 Å². The third-order valence-electron chi connectivity index (χ3n) is 2.92. The second kappa shape index (κ2) is 6.57. The van der Waals surface area contributed by atoms with Gasteiger partial charge in [0.2, 0.25) is 0 Å². The second-order valence-corrected chi connectivity index (χ2v) is 4.56. The first-order chi connectivity index (χ1) is 10.5. The molecule has 114 valence electrons. The molecule has 0 aliphatic heterocycles. The number of phenolic OH excluding ortho intramolecular Hbond substituents is 1. The van der Waals surface area contributed by atoms with E-state index in [1.165, 1.54) is 0 Å². The topological polar surface area (TPSA) is 102 Å². The van der Waals surface area contributed by atoms with Crippen LogP contribution in [0.25, 0.3) is 0 Å². The molecule has 0 heterocycles. The van der Waals surface area contributed by atoms with E-state index in [4.69, 9.17) is 4.74 Å². The van der Waals surface area contributed by atoms with Crippen molar-refractivity contribution in [1.82, 2.24) is 0 Å². The van der Waals surface area contributed by atoms with Gasteiger partial charge in [0.25, 0.3) is 11.6 Å². The molecular formula is C15H14N2O5. The fourth-order valence-corrected chi connectivity index (χ4v) is 1.79. The minimum absolute atomic E-state index is 0.0346. The molecule has 0 saturated heterocycles. The van der Waals surface area contributed by atoms with Gasteiger partial charge < -0.3 is 15.2 Å². The maximum atomic E-state index is 11.8. The van der Waals surface area contributed by atoms with Gasteiger partial charge in [-0.1, -0.05) is 18.2 Å². The van der Waals surface area contributed by atoms with Crippen molar-refractivity contribution in [2.75, 3.05) is 11.9 Å². The highest BCUT2D eigenvalue weighted by Crippen LogP contribution is 2.27. The number of carbonyl (C=O) groups excluding carboxylic acids is 1. The Kier molecular flexibility index (Phi) is 4.57. The molecule has 0 aliphatic rings. The first kappa shape index (κ1) is 15.3. The first-order valence-corrected chi connectivity index (χ1v) is 6.43. The number of para-hydroxylation sites is 1. The Hall–Kier alpha value is -3.09. The second-order valence-electron chi connectivity index (χ2n) is 4.56. The molecule has 0 atom stereocenters. The van der Waals surface area contributed by atoms with Crippen LogP contribution in [0.4, 0.5) is 11.4 Å². The van der Waals surface area contributed by atoms with E-state index in [-0.39, 0.29) is 23.7 Å². The number of hydrogen-bond acceptors (Lipinski definition) is 5. The summed E-state index contributed by atoms with van der Waals surface area (Å²) in [7, 11) is 0. The summed E-state index contributed by atoms with van der Waals surface area (Å²) < 4.78 is 5.36. The molecule has 2 rings (SSSR count). The number of anilines is 1. The van der Waals surface area contributed by atoms with Crippen LogP contribution >= 0.6 is 0 Å². The Morgan fingerprint density at radius 2 is 2.05 bits per heavy atom. The van der Waals surface area contributed by atoms with Crippen LogP contribution in [-0.4, -0.2) is 22.5 Å². The fourth-order valence-electron chi connectivity index (χ4n) is 1.79. The zero-order valence-electron chi connectivity index (χ0n) is 11.8. The molecule has 0 aliphatic carbocycles. The zero-order chi connectivity index (χ0) is 16.1. The number of nitro groups is 1. The molecule has 0 bridgehead atoms. The quantitative estimate of drug-likeness (QED) is 0.502. The Morgan fingerprint density at radius 1 is 1.32 bits per heavy atom. The predicted molar refractivity (Wildman–Crippen MR) is 80.1 cm³/mol. The van der Waals surface area contributed by atoms with Crippen LogP contribution < -0.4 is 10.1 Å². The van der Waals surface area contributed by atoms with Crippen LogP contribution in [0, 0.1) is 17.0 Å². The zero-order valence-corrected chi connectivity index (χ0v) is 11.8. The number of hydrogen-bond donors (Lipinski definition) is 2. The summed E-state index contributed by atoms with van der Waals surface area (Å²) in [6.45, 7) is 1.58. The molecule has 1 amide bonds. The number of rotatable bonds is 5. The number of phenols is 1. The van der Waals surface area contributed by atoms with Crippen LogP contribution in [0.3, 0.4) is 0 Å². The molecule has 22 heavy (non-hydrogen) atoms. The van der Waals surface area contributed by atoms with E-state index in [1.54, 1.807) is 12.1 Å². The van der Waals surface area contributed by atoms with Crippen LogP contribution in [0.15, 0.2) is 42.5 Å². The molecule has 0 aromatic heterocycles. The Labute approximate surface area is 126 Å². The van der Waals surface area contributed by atoms with Gasteiger partial charge in [-0.15, -0.1) is 0 Å². The van der Waals surface area contributed by atoms with Gasteiger partial charge in [0.05, 0.1) is 10.6 Å². The molecule has 2 aromatic carbocycles. The number of aromatic hydroxyl groups is 1. The monoisotopic (exact) mass is 302 g/mol. The number of non-ortho nitro benzene ring substituents is 1. The van der Waals surface area contributed by atoms with Crippen molar-refractivity contribution in [2.24, 2.45) is 0 Å². The lowest BCUT2D eigenvalue weighted by atomic mass is 10.2. The first-order valence-electron chi connectivity index (χ1n) is 6.43. The molecule has 0 radical (unpaired) electrons. The Balaban J connectivity index is 2.02. The highest BCUT2D eigenvalue weighted by atomic mass is 16.6. The molecule has 7 nitrogen and oxygen atoms in total. The summed E-state index contributed by atoms with van der Waals surface area (Å²) in [6, 6.07) is 10.6. The van der Waals surface area contributed by atoms with Crippen LogP contribution in [0.2, 0.25) is 0 Å². The number of aryl methyl sites for hydroxylation is 1. The van der Waals surface area contributed by atoms with Gasteiger partial charge in [0.15, 0.2) is 6.61 Å². The van der Waals surface area contributed by atoms with Crippen LogP contribution in [-0.2, 0) is 4.79 Å². The highest BCUT2D eigenvalue weighted by molar-refractivity contribution is 5.93. The highest BCUT2D eigenvalue weighted by Gasteiger charge is 2.13. The number of nitro benzene ring substituents is 1. The van der Waals surface area contributed by atoms with Gasteiger partial charge in [-0.05, 0) is 24.6 Å². The van der Waals surface area contributed by atoms with Crippen molar-refractivity contribution < 1.29 is 19.6 Å². The molecular weight excluding hydrogens is 288 g/mol. The van der Waals surface area contributed by atoms with Gasteiger partial charge >= 0.3 is 0 Å². The lowest BCUT2D eigenvalue weighted by Crippen LogP contribution is -2.20. The molecule has 2 aromatic rings. The van der Waals surface area contributed by atoms with Crippen molar-refractivity contribution in [3.63, 3.8) is 0 Å². The summed E-state index contributed by atoms with van der Waals surface area (Å²) in [5.41, 5.74) is 0.619. The van der Waals surface area contributed by atoms with Gasteiger partial charge in [-0.3, -0.25) is 14.9 Å². The third kappa shape index (κ3) is 3.72. The Bertz CT molecular complexity index is 715. The van der Waals surface area contributed by atoms with Crippen molar-refractivity contribution in [2.45, 2.75) is 6.92 Å². The molecule has 7 heteroatoms. The van der Waals surface area contributed by atoms with E-state index < -0.39 is 10.8 Å². The van der Waals surface area contributed by atoms with E-state index in [9.17, 15) is 20.0 Å². The van der Waals surface area contributed by atoms with E-state index >= 15 is 0 Å².